The van der Waals surface area contributed by atoms with Gasteiger partial charge < -0.3 is 15.1 Å². The van der Waals surface area contributed by atoms with E-state index in [9.17, 15) is 4.79 Å². The summed E-state index contributed by atoms with van der Waals surface area (Å²) >= 11 is 0. The van der Waals surface area contributed by atoms with E-state index < -0.39 is 0 Å². The molecule has 6 nitrogen and oxygen atoms in total. The van der Waals surface area contributed by atoms with Crippen LogP contribution >= 0.6 is 0 Å². The Morgan fingerprint density at radius 2 is 2.09 bits per heavy atom. The summed E-state index contributed by atoms with van der Waals surface area (Å²) in [6.07, 6.45) is 1.83. The van der Waals surface area contributed by atoms with Crippen molar-refractivity contribution in [2.45, 2.75) is 13.0 Å². The van der Waals surface area contributed by atoms with Crippen LogP contribution in [0.3, 0.4) is 0 Å². The predicted molar refractivity (Wildman–Crippen MR) is 86.9 cm³/mol. The van der Waals surface area contributed by atoms with Gasteiger partial charge >= 0.3 is 0 Å². The Kier molecular flexibility index (Phi) is 4.90. The van der Waals surface area contributed by atoms with Crippen LogP contribution in [0, 0.1) is 0 Å². The van der Waals surface area contributed by atoms with Gasteiger partial charge in [0, 0.05) is 58.1 Å². The van der Waals surface area contributed by atoms with E-state index in [0.717, 1.165) is 51.6 Å². The largest absolute Gasteiger partial charge is 0.354 e. The molecule has 3 heterocycles. The SMILES string of the molecule is CC1CNCCN1C(=O)CN1CCN(c2ccccn2)CC1. The molecular weight excluding hydrogens is 278 g/mol. The molecule has 0 radical (unpaired) electrons. The van der Waals surface area contributed by atoms with Crippen LogP contribution in [-0.2, 0) is 4.79 Å². The Morgan fingerprint density at radius 1 is 1.27 bits per heavy atom. The number of anilines is 1. The van der Waals surface area contributed by atoms with E-state index in [1.807, 2.05) is 29.3 Å². The highest BCUT2D eigenvalue weighted by Gasteiger charge is 2.26. The predicted octanol–water partition coefficient (Wildman–Crippen LogP) is 0.0239. The van der Waals surface area contributed by atoms with Gasteiger partial charge in [0.15, 0.2) is 0 Å². The lowest BCUT2D eigenvalue weighted by Gasteiger charge is -2.38. The summed E-state index contributed by atoms with van der Waals surface area (Å²) in [6, 6.07) is 6.30. The Labute approximate surface area is 132 Å². The molecule has 1 N–H and O–H groups in total. The van der Waals surface area contributed by atoms with Gasteiger partial charge in [0.1, 0.15) is 5.82 Å². The van der Waals surface area contributed by atoms with E-state index in [2.05, 4.69) is 27.0 Å². The first-order chi connectivity index (χ1) is 10.7. The van der Waals surface area contributed by atoms with Crippen LogP contribution in [0.15, 0.2) is 24.4 Å². The lowest BCUT2D eigenvalue weighted by molar-refractivity contribution is -0.135. The zero-order chi connectivity index (χ0) is 15.4. The zero-order valence-corrected chi connectivity index (χ0v) is 13.2. The van der Waals surface area contributed by atoms with Crippen LogP contribution in [0.1, 0.15) is 6.92 Å². The van der Waals surface area contributed by atoms with E-state index in [4.69, 9.17) is 0 Å². The molecule has 120 valence electrons. The Bertz CT molecular complexity index is 487. The number of carbonyl (C=O) groups excluding carboxylic acids is 1. The van der Waals surface area contributed by atoms with Crippen LogP contribution in [-0.4, -0.2) is 79.1 Å². The summed E-state index contributed by atoms with van der Waals surface area (Å²) < 4.78 is 0. The monoisotopic (exact) mass is 303 g/mol. The molecule has 0 aliphatic carbocycles. The van der Waals surface area contributed by atoms with Crippen molar-refractivity contribution in [3.05, 3.63) is 24.4 Å². The van der Waals surface area contributed by atoms with Crippen molar-refractivity contribution in [3.63, 3.8) is 0 Å². The maximum atomic E-state index is 12.5. The minimum atomic E-state index is 0.264. The first-order valence-electron chi connectivity index (χ1n) is 8.12. The molecule has 0 bridgehead atoms. The second kappa shape index (κ2) is 7.07. The van der Waals surface area contributed by atoms with Crippen LogP contribution in [0.2, 0.25) is 0 Å². The Balaban J connectivity index is 1.48. The number of nitrogens with one attached hydrogen (secondary N) is 1. The van der Waals surface area contributed by atoms with E-state index in [-0.39, 0.29) is 5.91 Å². The molecular formula is C16H25N5O. The smallest absolute Gasteiger partial charge is 0.237 e. The van der Waals surface area contributed by atoms with Crippen LogP contribution in [0.4, 0.5) is 5.82 Å². The van der Waals surface area contributed by atoms with Gasteiger partial charge in [-0.1, -0.05) is 6.07 Å². The maximum Gasteiger partial charge on any atom is 0.237 e. The highest BCUT2D eigenvalue weighted by molar-refractivity contribution is 5.78. The standard InChI is InChI=1S/C16H25N5O/c1-14-12-17-6-7-21(14)16(22)13-19-8-10-20(11-9-19)15-4-2-3-5-18-15/h2-5,14,17H,6-13H2,1H3. The highest BCUT2D eigenvalue weighted by atomic mass is 16.2. The molecule has 1 aromatic rings. The van der Waals surface area contributed by atoms with Crippen LogP contribution in [0.5, 0.6) is 0 Å². The molecule has 0 spiro atoms. The third-order valence-electron chi connectivity index (χ3n) is 4.53. The number of amides is 1. The number of nitrogens with zero attached hydrogens (tertiary/aromatic N) is 4. The molecule has 6 heteroatoms. The molecule has 3 rings (SSSR count). The summed E-state index contributed by atoms with van der Waals surface area (Å²) in [6.45, 7) is 8.99. The summed E-state index contributed by atoms with van der Waals surface area (Å²) in [5.74, 6) is 1.30. The number of hydrogen-bond acceptors (Lipinski definition) is 5. The average Bonchev–Trinajstić information content (AvgIpc) is 2.57. The number of piperazine rings is 2. The number of rotatable bonds is 3. The van der Waals surface area contributed by atoms with E-state index in [0.29, 0.717) is 12.6 Å². The molecule has 1 aromatic heterocycles. The molecule has 2 fully saturated rings. The molecule has 22 heavy (non-hydrogen) atoms. The Morgan fingerprint density at radius 3 is 2.77 bits per heavy atom. The van der Waals surface area contributed by atoms with Crippen molar-refractivity contribution in [2.75, 3.05) is 57.3 Å². The molecule has 2 aliphatic rings. The second-order valence-corrected chi connectivity index (χ2v) is 6.09. The average molecular weight is 303 g/mol. The number of aromatic nitrogens is 1. The Hall–Kier alpha value is -1.66. The van der Waals surface area contributed by atoms with Gasteiger partial charge in [0.05, 0.1) is 6.54 Å². The fourth-order valence-electron chi connectivity index (χ4n) is 3.17. The summed E-state index contributed by atoms with van der Waals surface area (Å²) in [5.41, 5.74) is 0. The van der Waals surface area contributed by atoms with Crippen molar-refractivity contribution in [3.8, 4) is 0 Å². The van der Waals surface area contributed by atoms with Crippen molar-refractivity contribution in [2.24, 2.45) is 0 Å². The molecule has 0 saturated carbocycles. The van der Waals surface area contributed by atoms with Gasteiger partial charge in [-0.2, -0.15) is 0 Å². The van der Waals surface area contributed by atoms with Crippen molar-refractivity contribution >= 4 is 11.7 Å². The molecule has 1 unspecified atom stereocenters. The van der Waals surface area contributed by atoms with E-state index >= 15 is 0 Å². The molecule has 2 saturated heterocycles. The second-order valence-electron chi connectivity index (χ2n) is 6.09. The van der Waals surface area contributed by atoms with Gasteiger partial charge in [-0.05, 0) is 19.1 Å². The van der Waals surface area contributed by atoms with Crippen molar-refractivity contribution in [1.82, 2.24) is 20.1 Å². The summed E-state index contributed by atoms with van der Waals surface area (Å²) in [7, 11) is 0. The van der Waals surface area contributed by atoms with Crippen molar-refractivity contribution in [1.29, 1.82) is 0 Å². The van der Waals surface area contributed by atoms with Gasteiger partial charge in [-0.3, -0.25) is 9.69 Å². The van der Waals surface area contributed by atoms with Crippen molar-refractivity contribution < 1.29 is 4.79 Å². The third-order valence-corrected chi connectivity index (χ3v) is 4.53. The van der Waals surface area contributed by atoms with Crippen LogP contribution < -0.4 is 10.2 Å². The highest BCUT2D eigenvalue weighted by Crippen LogP contribution is 2.13. The lowest BCUT2D eigenvalue weighted by atomic mass is 10.2. The fraction of sp³-hybridized carbons (Fsp3) is 0.625. The first kappa shape index (κ1) is 15.2. The third kappa shape index (κ3) is 3.56. The molecule has 1 amide bonds. The van der Waals surface area contributed by atoms with Crippen LogP contribution in [0.25, 0.3) is 0 Å². The van der Waals surface area contributed by atoms with E-state index in [1.165, 1.54) is 0 Å². The lowest BCUT2D eigenvalue weighted by Crippen LogP contribution is -2.56. The molecule has 0 aromatic carbocycles. The number of pyridine rings is 1. The number of carbonyl (C=O) groups is 1. The first-order valence-corrected chi connectivity index (χ1v) is 8.12. The van der Waals surface area contributed by atoms with Gasteiger partial charge in [0.25, 0.3) is 0 Å². The van der Waals surface area contributed by atoms with E-state index in [1.54, 1.807) is 0 Å². The fourth-order valence-corrected chi connectivity index (χ4v) is 3.17. The minimum Gasteiger partial charge on any atom is -0.354 e. The van der Waals surface area contributed by atoms with Gasteiger partial charge in [-0.15, -0.1) is 0 Å². The zero-order valence-electron chi connectivity index (χ0n) is 13.2. The quantitative estimate of drug-likeness (QED) is 0.853. The number of hydrogen-bond donors (Lipinski definition) is 1. The van der Waals surface area contributed by atoms with Gasteiger partial charge in [-0.25, -0.2) is 4.98 Å². The maximum absolute atomic E-state index is 12.5. The molecule has 2 aliphatic heterocycles. The topological polar surface area (TPSA) is 51.7 Å². The summed E-state index contributed by atoms with van der Waals surface area (Å²) in [4.78, 5) is 23.4. The normalized spacial score (nSPS) is 23.6. The molecule has 1 atom stereocenters. The minimum absolute atomic E-state index is 0.264. The summed E-state index contributed by atoms with van der Waals surface area (Å²) in [5, 5.41) is 3.33. The van der Waals surface area contributed by atoms with Gasteiger partial charge in [0.2, 0.25) is 5.91 Å².